The average Bonchev–Trinajstić information content (AvgIpc) is 2.72. The molecule has 0 bridgehead atoms. The SMILES string of the molecule is Fc1cccc(CSc2nc(NCc3ccc(Cl)cc3)c3ccccc3n2)c1. The highest BCUT2D eigenvalue weighted by molar-refractivity contribution is 7.98. The first-order valence-corrected chi connectivity index (χ1v) is 10.2. The second-order valence-corrected chi connectivity index (χ2v) is 7.65. The Kier molecular flexibility index (Phi) is 5.74. The number of para-hydroxylation sites is 1. The molecule has 6 heteroatoms. The van der Waals surface area contributed by atoms with Crippen LogP contribution >= 0.6 is 23.4 Å². The number of thioether (sulfide) groups is 1. The number of hydrogen-bond donors (Lipinski definition) is 1. The number of halogens is 2. The lowest BCUT2D eigenvalue weighted by Gasteiger charge is -2.11. The Morgan fingerprint density at radius 2 is 1.71 bits per heavy atom. The Morgan fingerprint density at radius 1 is 0.893 bits per heavy atom. The van der Waals surface area contributed by atoms with Gasteiger partial charge in [-0.3, -0.25) is 0 Å². The second kappa shape index (κ2) is 8.59. The summed E-state index contributed by atoms with van der Waals surface area (Å²) in [6.07, 6.45) is 0. The molecule has 3 aromatic carbocycles. The van der Waals surface area contributed by atoms with Crippen molar-refractivity contribution in [2.24, 2.45) is 0 Å². The van der Waals surface area contributed by atoms with Crippen molar-refractivity contribution in [3.05, 3.63) is 94.8 Å². The van der Waals surface area contributed by atoms with E-state index in [0.29, 0.717) is 22.5 Å². The van der Waals surface area contributed by atoms with E-state index >= 15 is 0 Å². The topological polar surface area (TPSA) is 37.8 Å². The van der Waals surface area contributed by atoms with Crippen LogP contribution in [0.15, 0.2) is 78.0 Å². The van der Waals surface area contributed by atoms with Gasteiger partial charge in [0.25, 0.3) is 0 Å². The van der Waals surface area contributed by atoms with Gasteiger partial charge in [0.1, 0.15) is 11.6 Å². The fraction of sp³-hybridized carbons (Fsp3) is 0.0909. The second-order valence-electron chi connectivity index (χ2n) is 6.27. The molecule has 0 radical (unpaired) electrons. The zero-order chi connectivity index (χ0) is 19.3. The van der Waals surface area contributed by atoms with Crippen molar-refractivity contribution in [1.29, 1.82) is 0 Å². The minimum atomic E-state index is -0.233. The molecule has 1 aromatic heterocycles. The summed E-state index contributed by atoms with van der Waals surface area (Å²) in [4.78, 5) is 9.33. The molecule has 0 saturated heterocycles. The first-order chi connectivity index (χ1) is 13.7. The molecule has 4 aromatic rings. The van der Waals surface area contributed by atoms with E-state index in [2.05, 4.69) is 10.3 Å². The molecule has 0 spiro atoms. The van der Waals surface area contributed by atoms with Crippen LogP contribution in [0.5, 0.6) is 0 Å². The molecular weight excluding hydrogens is 393 g/mol. The monoisotopic (exact) mass is 409 g/mol. The lowest BCUT2D eigenvalue weighted by molar-refractivity contribution is 0.626. The molecule has 0 aliphatic rings. The summed E-state index contributed by atoms with van der Waals surface area (Å²) in [5.41, 5.74) is 2.89. The smallest absolute Gasteiger partial charge is 0.190 e. The van der Waals surface area contributed by atoms with Gasteiger partial charge >= 0.3 is 0 Å². The number of anilines is 1. The molecule has 1 N–H and O–H groups in total. The lowest BCUT2D eigenvalue weighted by atomic mass is 10.2. The van der Waals surface area contributed by atoms with Gasteiger partial charge in [-0.25, -0.2) is 14.4 Å². The van der Waals surface area contributed by atoms with Crippen molar-refractivity contribution >= 4 is 40.1 Å². The third-order valence-corrected chi connectivity index (χ3v) is 5.38. The molecular formula is C22H17ClFN3S. The maximum atomic E-state index is 13.4. The predicted octanol–water partition coefficient (Wildman–Crippen LogP) is 6.33. The summed E-state index contributed by atoms with van der Waals surface area (Å²) in [7, 11) is 0. The molecule has 0 aliphatic carbocycles. The van der Waals surface area contributed by atoms with Gasteiger partial charge in [0.05, 0.1) is 5.52 Å². The van der Waals surface area contributed by atoms with Crippen LogP contribution in [0.3, 0.4) is 0 Å². The molecule has 0 amide bonds. The summed E-state index contributed by atoms with van der Waals surface area (Å²) in [6.45, 7) is 0.631. The van der Waals surface area contributed by atoms with Crippen LogP contribution in [0.2, 0.25) is 5.02 Å². The van der Waals surface area contributed by atoms with Crippen LogP contribution in [0.4, 0.5) is 10.2 Å². The molecule has 3 nitrogen and oxygen atoms in total. The molecule has 0 unspecified atom stereocenters. The van der Waals surface area contributed by atoms with E-state index in [9.17, 15) is 4.39 Å². The van der Waals surface area contributed by atoms with E-state index in [1.165, 1.54) is 23.9 Å². The van der Waals surface area contributed by atoms with E-state index in [1.54, 1.807) is 6.07 Å². The fourth-order valence-corrected chi connectivity index (χ4v) is 3.74. The fourth-order valence-electron chi connectivity index (χ4n) is 2.82. The summed E-state index contributed by atoms with van der Waals surface area (Å²) in [5, 5.41) is 5.74. The van der Waals surface area contributed by atoms with Crippen LogP contribution < -0.4 is 5.32 Å². The van der Waals surface area contributed by atoms with Crippen molar-refractivity contribution < 1.29 is 4.39 Å². The number of hydrogen-bond acceptors (Lipinski definition) is 4. The molecule has 1 heterocycles. The first kappa shape index (κ1) is 18.7. The van der Waals surface area contributed by atoms with Gasteiger partial charge in [0, 0.05) is 22.7 Å². The van der Waals surface area contributed by atoms with E-state index < -0.39 is 0 Å². The highest BCUT2D eigenvalue weighted by atomic mass is 35.5. The van der Waals surface area contributed by atoms with Crippen molar-refractivity contribution in [2.45, 2.75) is 17.5 Å². The van der Waals surface area contributed by atoms with Crippen molar-refractivity contribution in [1.82, 2.24) is 9.97 Å². The van der Waals surface area contributed by atoms with E-state index in [0.717, 1.165) is 27.8 Å². The summed E-state index contributed by atoms with van der Waals surface area (Å²) in [5.74, 6) is 1.15. The number of aromatic nitrogens is 2. The van der Waals surface area contributed by atoms with Gasteiger partial charge in [-0.1, -0.05) is 59.8 Å². The maximum absolute atomic E-state index is 13.4. The highest BCUT2D eigenvalue weighted by Gasteiger charge is 2.09. The molecule has 140 valence electrons. The quantitative estimate of drug-likeness (QED) is 0.298. The lowest BCUT2D eigenvalue weighted by Crippen LogP contribution is -2.04. The summed E-state index contributed by atoms with van der Waals surface area (Å²) in [6, 6.07) is 22.2. The standard InChI is InChI=1S/C22H17ClFN3S/c23-17-10-8-15(9-11-17)13-25-21-19-6-1-2-7-20(19)26-22(27-21)28-14-16-4-3-5-18(24)12-16/h1-12H,13-14H2,(H,25,26,27). The molecule has 0 fully saturated rings. The van der Waals surface area contributed by atoms with Crippen LogP contribution in [0.1, 0.15) is 11.1 Å². The van der Waals surface area contributed by atoms with Crippen molar-refractivity contribution in [3.8, 4) is 0 Å². The Hall–Kier alpha value is -2.63. The maximum Gasteiger partial charge on any atom is 0.190 e. The molecule has 28 heavy (non-hydrogen) atoms. The number of benzene rings is 3. The molecule has 0 aliphatic heterocycles. The van der Waals surface area contributed by atoms with Gasteiger partial charge in [-0.05, 0) is 47.5 Å². The minimum absolute atomic E-state index is 0.233. The van der Waals surface area contributed by atoms with Gasteiger partial charge in [0.15, 0.2) is 5.16 Å². The van der Waals surface area contributed by atoms with Crippen molar-refractivity contribution in [3.63, 3.8) is 0 Å². The zero-order valence-electron chi connectivity index (χ0n) is 14.9. The number of nitrogens with one attached hydrogen (secondary N) is 1. The minimum Gasteiger partial charge on any atom is -0.365 e. The van der Waals surface area contributed by atoms with Gasteiger partial charge < -0.3 is 5.32 Å². The van der Waals surface area contributed by atoms with Crippen LogP contribution in [0.25, 0.3) is 10.9 Å². The van der Waals surface area contributed by atoms with Crippen LogP contribution in [-0.4, -0.2) is 9.97 Å². The van der Waals surface area contributed by atoms with Gasteiger partial charge in [-0.2, -0.15) is 0 Å². The van der Waals surface area contributed by atoms with E-state index in [4.69, 9.17) is 16.6 Å². The van der Waals surface area contributed by atoms with E-state index in [1.807, 2.05) is 54.6 Å². The predicted molar refractivity (Wildman–Crippen MR) is 114 cm³/mol. The van der Waals surface area contributed by atoms with Crippen molar-refractivity contribution in [2.75, 3.05) is 5.32 Å². The third-order valence-electron chi connectivity index (χ3n) is 4.21. The Labute approximate surface area is 172 Å². The van der Waals surface area contributed by atoms with Crippen LogP contribution in [-0.2, 0) is 12.3 Å². The van der Waals surface area contributed by atoms with E-state index in [-0.39, 0.29) is 5.82 Å². The molecule has 4 rings (SSSR count). The normalized spacial score (nSPS) is 10.9. The summed E-state index contributed by atoms with van der Waals surface area (Å²) >= 11 is 7.44. The number of nitrogens with zero attached hydrogens (tertiary/aromatic N) is 2. The largest absolute Gasteiger partial charge is 0.365 e. The first-order valence-electron chi connectivity index (χ1n) is 8.80. The molecule has 0 saturated carbocycles. The number of fused-ring (bicyclic) bond motifs is 1. The Morgan fingerprint density at radius 3 is 2.54 bits per heavy atom. The third kappa shape index (κ3) is 4.61. The van der Waals surface area contributed by atoms with Gasteiger partial charge in [0.2, 0.25) is 0 Å². The highest BCUT2D eigenvalue weighted by Crippen LogP contribution is 2.27. The average molecular weight is 410 g/mol. The Bertz CT molecular complexity index is 1100. The molecule has 0 atom stereocenters. The van der Waals surface area contributed by atoms with Crippen LogP contribution in [0, 0.1) is 5.82 Å². The Balaban J connectivity index is 1.56. The number of rotatable bonds is 6. The van der Waals surface area contributed by atoms with Gasteiger partial charge in [-0.15, -0.1) is 0 Å². The zero-order valence-corrected chi connectivity index (χ0v) is 16.5. The summed E-state index contributed by atoms with van der Waals surface area (Å²) < 4.78 is 13.4.